The number of halogens is 1. The molecule has 3 rings (SSSR count). The van der Waals surface area contributed by atoms with E-state index in [-0.39, 0.29) is 0 Å². The minimum atomic E-state index is -0.708. The smallest absolute Gasteiger partial charge is 0.195 e. The molecule has 0 N–H and O–H groups in total. The zero-order chi connectivity index (χ0) is 26.8. The SMILES string of the molecule is CCCCCCCc1ccc(CCCC[C@H]2CC[C@H]([C@H]3CC[C@H](CCC=CC=C(F)C#N)CC3)CC2)cc1. The fraction of sp³-hybridized carbons (Fsp3) is 0.694. The Kier molecular flexibility index (Phi) is 14.9. The third kappa shape index (κ3) is 11.9. The summed E-state index contributed by atoms with van der Waals surface area (Å²) in [7, 11) is 0. The van der Waals surface area contributed by atoms with Gasteiger partial charge in [-0.2, -0.15) is 9.65 Å². The highest BCUT2D eigenvalue weighted by Crippen LogP contribution is 2.43. The Balaban J connectivity index is 1.21. The number of nitriles is 1. The zero-order valence-corrected chi connectivity index (χ0v) is 24.3. The monoisotopic (exact) mass is 519 g/mol. The normalized spacial score (nSPS) is 24.5. The number of nitrogens with zero attached hydrogens (tertiary/aromatic N) is 1. The number of allylic oxidation sites excluding steroid dienone is 4. The summed E-state index contributed by atoms with van der Waals surface area (Å²) in [6.45, 7) is 2.28. The van der Waals surface area contributed by atoms with Crippen molar-refractivity contribution in [3.05, 3.63) is 59.4 Å². The summed E-state index contributed by atoms with van der Waals surface area (Å²) in [4.78, 5) is 0. The van der Waals surface area contributed by atoms with Gasteiger partial charge >= 0.3 is 0 Å². The van der Waals surface area contributed by atoms with Gasteiger partial charge in [0.2, 0.25) is 0 Å². The van der Waals surface area contributed by atoms with E-state index in [9.17, 15) is 4.39 Å². The predicted molar refractivity (Wildman–Crippen MR) is 161 cm³/mol. The molecule has 0 aliphatic heterocycles. The maximum Gasteiger partial charge on any atom is 0.199 e. The molecule has 1 aromatic rings. The Morgan fingerprint density at radius 1 is 0.763 bits per heavy atom. The van der Waals surface area contributed by atoms with E-state index in [0.717, 1.165) is 30.1 Å². The molecule has 2 aliphatic rings. The van der Waals surface area contributed by atoms with E-state index in [1.165, 1.54) is 145 Å². The van der Waals surface area contributed by atoms with Crippen LogP contribution < -0.4 is 0 Å². The summed E-state index contributed by atoms with van der Waals surface area (Å²) >= 11 is 0. The molecular weight excluding hydrogens is 465 g/mol. The van der Waals surface area contributed by atoms with Crippen LogP contribution in [0.25, 0.3) is 0 Å². The van der Waals surface area contributed by atoms with E-state index in [1.54, 1.807) is 6.08 Å². The second-order valence-corrected chi connectivity index (χ2v) is 12.4. The van der Waals surface area contributed by atoms with Crippen LogP contribution in [-0.4, -0.2) is 0 Å². The average Bonchev–Trinajstić information content (AvgIpc) is 2.96. The molecule has 210 valence electrons. The summed E-state index contributed by atoms with van der Waals surface area (Å²) in [6, 6.07) is 11.0. The van der Waals surface area contributed by atoms with Crippen molar-refractivity contribution in [1.82, 2.24) is 0 Å². The summed E-state index contributed by atoms with van der Waals surface area (Å²) in [5.41, 5.74) is 3.05. The highest BCUT2D eigenvalue weighted by molar-refractivity contribution is 5.22. The third-order valence-corrected chi connectivity index (χ3v) is 9.60. The van der Waals surface area contributed by atoms with Crippen molar-refractivity contribution >= 4 is 0 Å². The average molecular weight is 520 g/mol. The summed E-state index contributed by atoms with van der Waals surface area (Å²) in [5.74, 6) is 3.06. The zero-order valence-electron chi connectivity index (χ0n) is 24.3. The maximum atomic E-state index is 12.8. The molecule has 0 atom stereocenters. The van der Waals surface area contributed by atoms with Gasteiger partial charge < -0.3 is 0 Å². The van der Waals surface area contributed by atoms with Crippen LogP contribution in [0.2, 0.25) is 0 Å². The van der Waals surface area contributed by atoms with Crippen LogP contribution in [0.15, 0.2) is 48.3 Å². The number of unbranched alkanes of at least 4 members (excludes halogenated alkanes) is 5. The molecule has 0 heterocycles. The van der Waals surface area contributed by atoms with E-state index in [0.29, 0.717) is 0 Å². The van der Waals surface area contributed by atoms with E-state index < -0.39 is 5.83 Å². The standard InChI is InChI=1S/C36H54FN/c1-2-3-4-5-7-12-30-17-19-31(20-18-30)14-10-11-15-33-23-27-35(28-24-33)34-25-21-32(22-26-34)13-8-6-9-16-36(37)29-38/h6,9,16-20,32-35H,2-5,7-8,10-15,21-28H2,1H3/t32-,33-,34-,35-. The van der Waals surface area contributed by atoms with Crippen molar-refractivity contribution in [1.29, 1.82) is 5.26 Å². The van der Waals surface area contributed by atoms with Crippen LogP contribution in [0.1, 0.15) is 134 Å². The van der Waals surface area contributed by atoms with Crippen LogP contribution in [0.3, 0.4) is 0 Å². The number of hydrogen-bond acceptors (Lipinski definition) is 1. The molecule has 2 heteroatoms. The van der Waals surface area contributed by atoms with Gasteiger partial charge in [-0.1, -0.05) is 108 Å². The molecule has 38 heavy (non-hydrogen) atoms. The van der Waals surface area contributed by atoms with Crippen molar-refractivity contribution in [2.45, 2.75) is 135 Å². The lowest BCUT2D eigenvalue weighted by atomic mass is 9.68. The summed E-state index contributed by atoms with van der Waals surface area (Å²) < 4.78 is 12.8. The van der Waals surface area contributed by atoms with Gasteiger partial charge in [-0.3, -0.25) is 0 Å². The van der Waals surface area contributed by atoms with Gasteiger partial charge in [-0.15, -0.1) is 0 Å². The number of hydrogen-bond donors (Lipinski definition) is 0. The second-order valence-electron chi connectivity index (χ2n) is 12.4. The molecular formula is C36H54FN. The largest absolute Gasteiger partial charge is 0.199 e. The van der Waals surface area contributed by atoms with E-state index in [1.807, 2.05) is 6.08 Å². The van der Waals surface area contributed by atoms with Crippen molar-refractivity contribution in [2.75, 3.05) is 0 Å². The molecule has 1 aromatic carbocycles. The first-order chi connectivity index (χ1) is 18.7. The first-order valence-corrected chi connectivity index (χ1v) is 16.2. The second kappa shape index (κ2) is 18.4. The van der Waals surface area contributed by atoms with Gasteiger partial charge in [0, 0.05) is 0 Å². The molecule has 0 spiro atoms. The van der Waals surface area contributed by atoms with Gasteiger partial charge in [0.25, 0.3) is 0 Å². The molecule has 0 bridgehead atoms. The first kappa shape index (κ1) is 30.7. The Labute approximate surface area is 234 Å². The number of benzene rings is 1. The summed E-state index contributed by atoms with van der Waals surface area (Å²) in [5, 5.41) is 8.44. The number of aryl methyl sites for hydroxylation is 2. The Bertz CT molecular complexity index is 844. The topological polar surface area (TPSA) is 23.8 Å². The highest BCUT2D eigenvalue weighted by Gasteiger charge is 2.30. The van der Waals surface area contributed by atoms with Crippen molar-refractivity contribution in [3.8, 4) is 6.07 Å². The quantitative estimate of drug-likeness (QED) is 0.121. The van der Waals surface area contributed by atoms with Gasteiger partial charge in [-0.25, -0.2) is 0 Å². The fourth-order valence-corrected chi connectivity index (χ4v) is 7.08. The van der Waals surface area contributed by atoms with Crippen LogP contribution in [-0.2, 0) is 12.8 Å². The molecule has 0 saturated heterocycles. The molecule has 0 amide bonds. The van der Waals surface area contributed by atoms with Gasteiger partial charge in [0.05, 0.1) is 0 Å². The van der Waals surface area contributed by atoms with Crippen molar-refractivity contribution < 1.29 is 4.39 Å². The lowest BCUT2D eigenvalue weighted by molar-refractivity contribution is 0.140. The molecule has 2 saturated carbocycles. The molecule has 0 radical (unpaired) electrons. The van der Waals surface area contributed by atoms with E-state index in [4.69, 9.17) is 5.26 Å². The number of rotatable bonds is 16. The maximum absolute atomic E-state index is 12.8. The van der Waals surface area contributed by atoms with E-state index in [2.05, 4.69) is 31.2 Å². The van der Waals surface area contributed by atoms with Crippen molar-refractivity contribution in [3.63, 3.8) is 0 Å². The predicted octanol–water partition coefficient (Wildman–Crippen LogP) is 11.2. The molecule has 1 nitrogen and oxygen atoms in total. The van der Waals surface area contributed by atoms with Crippen LogP contribution in [0, 0.1) is 35.0 Å². The minimum Gasteiger partial charge on any atom is -0.195 e. The first-order valence-electron chi connectivity index (χ1n) is 16.2. The van der Waals surface area contributed by atoms with Crippen LogP contribution >= 0.6 is 0 Å². The Morgan fingerprint density at radius 2 is 1.29 bits per heavy atom. The highest BCUT2D eigenvalue weighted by atomic mass is 19.1. The minimum absolute atomic E-state index is 0.708. The van der Waals surface area contributed by atoms with Gasteiger partial charge in [0.15, 0.2) is 5.83 Å². The van der Waals surface area contributed by atoms with Crippen LogP contribution in [0.4, 0.5) is 4.39 Å². The Hall–Kier alpha value is -1.88. The van der Waals surface area contributed by atoms with Crippen LogP contribution in [0.5, 0.6) is 0 Å². The van der Waals surface area contributed by atoms with Gasteiger partial charge in [-0.05, 0) is 105 Å². The lowest BCUT2D eigenvalue weighted by Gasteiger charge is -2.38. The molecule has 0 aromatic heterocycles. The summed E-state index contributed by atoms with van der Waals surface area (Å²) in [6.07, 6.45) is 32.2. The lowest BCUT2D eigenvalue weighted by Crippen LogP contribution is -2.25. The fourth-order valence-electron chi connectivity index (χ4n) is 7.08. The Morgan fingerprint density at radius 3 is 1.84 bits per heavy atom. The molecule has 0 unspecified atom stereocenters. The van der Waals surface area contributed by atoms with E-state index >= 15 is 0 Å². The van der Waals surface area contributed by atoms with Gasteiger partial charge in [0.1, 0.15) is 6.07 Å². The molecule has 2 aliphatic carbocycles. The molecule has 2 fully saturated rings. The third-order valence-electron chi connectivity index (χ3n) is 9.60. The van der Waals surface area contributed by atoms with Crippen molar-refractivity contribution in [2.24, 2.45) is 23.7 Å².